The molecular weight excluding hydrogens is 314 g/mol. The Morgan fingerprint density at radius 2 is 1.78 bits per heavy atom. The number of para-hydroxylation sites is 1. The first-order valence-corrected chi connectivity index (χ1v) is 7.52. The number of carbonyl (C=O) groups excluding carboxylic acids is 1. The number of fused-ring (bicyclic) bond motifs is 1. The molecule has 0 radical (unpaired) electrons. The lowest BCUT2D eigenvalue weighted by molar-refractivity contribution is -0.138. The lowest BCUT2D eigenvalue weighted by atomic mass is 9.91. The summed E-state index contributed by atoms with van der Waals surface area (Å²) in [6, 6.07) is 14.1. The van der Waals surface area contributed by atoms with Crippen LogP contribution in [0.2, 0.25) is 5.02 Å². The van der Waals surface area contributed by atoms with E-state index in [1.807, 2.05) is 24.3 Å². The highest BCUT2D eigenvalue weighted by atomic mass is 35.5. The normalized spacial score (nSPS) is 12.2. The molecule has 1 aromatic heterocycles. The molecule has 3 rings (SSSR count). The first-order chi connectivity index (χ1) is 11.1. The number of carboxylic acids is 1. The molecule has 0 aliphatic carbocycles. The number of aliphatic carboxylic acids is 1. The van der Waals surface area contributed by atoms with Crippen LogP contribution in [-0.4, -0.2) is 21.8 Å². The third-order valence-electron chi connectivity index (χ3n) is 3.86. The van der Waals surface area contributed by atoms with Gasteiger partial charge in [0, 0.05) is 29.1 Å². The number of rotatable bonds is 5. The number of hydrogen-bond donors (Lipinski definition) is 2. The number of H-pyrrole nitrogens is 1. The number of benzene rings is 2. The van der Waals surface area contributed by atoms with Crippen molar-refractivity contribution in [2.24, 2.45) is 0 Å². The summed E-state index contributed by atoms with van der Waals surface area (Å²) < 4.78 is 0. The largest absolute Gasteiger partial charge is 0.481 e. The van der Waals surface area contributed by atoms with Gasteiger partial charge in [0.05, 0.1) is 10.9 Å². The maximum Gasteiger partial charge on any atom is 0.311 e. The van der Waals surface area contributed by atoms with Crippen LogP contribution in [0, 0.1) is 0 Å². The van der Waals surface area contributed by atoms with Crippen molar-refractivity contribution >= 4 is 34.3 Å². The van der Waals surface area contributed by atoms with Crippen LogP contribution in [0.3, 0.4) is 0 Å². The zero-order chi connectivity index (χ0) is 16.4. The van der Waals surface area contributed by atoms with Gasteiger partial charge in [-0.2, -0.15) is 0 Å². The molecule has 0 spiro atoms. The van der Waals surface area contributed by atoms with Crippen LogP contribution in [-0.2, 0) is 4.79 Å². The van der Waals surface area contributed by atoms with E-state index in [9.17, 15) is 14.7 Å². The van der Waals surface area contributed by atoms with E-state index >= 15 is 0 Å². The van der Waals surface area contributed by atoms with Gasteiger partial charge in [0.2, 0.25) is 0 Å². The van der Waals surface area contributed by atoms with Gasteiger partial charge in [-0.05, 0) is 23.8 Å². The molecule has 2 aromatic carbocycles. The van der Waals surface area contributed by atoms with Crippen molar-refractivity contribution in [1.29, 1.82) is 0 Å². The van der Waals surface area contributed by atoms with E-state index in [0.717, 1.165) is 10.9 Å². The van der Waals surface area contributed by atoms with Gasteiger partial charge in [0.15, 0.2) is 5.78 Å². The van der Waals surface area contributed by atoms with Gasteiger partial charge in [-0.25, -0.2) is 0 Å². The fraction of sp³-hybridized carbons (Fsp3) is 0.111. The Balaban J connectivity index is 1.96. The van der Waals surface area contributed by atoms with E-state index in [4.69, 9.17) is 11.6 Å². The van der Waals surface area contributed by atoms with Crippen LogP contribution >= 0.6 is 11.6 Å². The van der Waals surface area contributed by atoms with Crippen molar-refractivity contribution in [3.63, 3.8) is 0 Å². The Morgan fingerprint density at radius 1 is 1.09 bits per heavy atom. The highest BCUT2D eigenvalue weighted by Gasteiger charge is 2.27. The molecule has 1 atom stereocenters. The minimum atomic E-state index is -1.03. The zero-order valence-corrected chi connectivity index (χ0v) is 12.9. The second kappa shape index (κ2) is 6.26. The zero-order valence-electron chi connectivity index (χ0n) is 12.1. The summed E-state index contributed by atoms with van der Waals surface area (Å²) >= 11 is 6.03. The van der Waals surface area contributed by atoms with Crippen LogP contribution < -0.4 is 0 Å². The van der Waals surface area contributed by atoms with Crippen molar-refractivity contribution in [2.75, 3.05) is 0 Å². The molecule has 0 aliphatic rings. The summed E-state index contributed by atoms with van der Waals surface area (Å²) in [5.74, 6) is -2.24. The maximum absolute atomic E-state index is 12.5. The van der Waals surface area contributed by atoms with Gasteiger partial charge in [0.25, 0.3) is 0 Å². The summed E-state index contributed by atoms with van der Waals surface area (Å²) in [5, 5.41) is 10.7. The Hall–Kier alpha value is -2.59. The van der Waals surface area contributed by atoms with E-state index in [0.29, 0.717) is 16.1 Å². The van der Waals surface area contributed by atoms with Gasteiger partial charge in [-0.3, -0.25) is 9.59 Å². The number of halogens is 1. The number of Topliss-reactive ketones (excluding diaryl/α,β-unsaturated/α-hetero) is 1. The van der Waals surface area contributed by atoms with Crippen LogP contribution in [0.1, 0.15) is 28.3 Å². The average Bonchev–Trinajstić information content (AvgIpc) is 2.96. The molecule has 4 nitrogen and oxygen atoms in total. The third-order valence-corrected chi connectivity index (χ3v) is 4.19. The number of ketones is 1. The smallest absolute Gasteiger partial charge is 0.311 e. The summed E-state index contributed by atoms with van der Waals surface area (Å²) in [6.07, 6.45) is 1.52. The lowest BCUT2D eigenvalue weighted by Crippen LogP contribution is -2.16. The second-order valence-electron chi connectivity index (χ2n) is 5.29. The van der Waals surface area contributed by atoms with Crippen LogP contribution in [0.25, 0.3) is 10.9 Å². The Labute approximate surface area is 137 Å². The van der Waals surface area contributed by atoms with Crippen molar-refractivity contribution in [1.82, 2.24) is 4.98 Å². The summed E-state index contributed by atoms with van der Waals surface area (Å²) in [6.45, 7) is 0. The molecule has 0 aliphatic heterocycles. The Morgan fingerprint density at radius 3 is 2.52 bits per heavy atom. The van der Waals surface area contributed by atoms with E-state index in [-0.39, 0.29) is 12.2 Å². The number of aromatic nitrogens is 1. The molecule has 1 unspecified atom stereocenters. The molecule has 0 saturated carbocycles. The highest BCUT2D eigenvalue weighted by molar-refractivity contribution is 6.34. The Bertz CT molecular complexity index is 885. The van der Waals surface area contributed by atoms with Gasteiger partial charge >= 0.3 is 5.97 Å². The molecule has 23 heavy (non-hydrogen) atoms. The summed E-state index contributed by atoms with van der Waals surface area (Å²) in [7, 11) is 0. The molecule has 0 amide bonds. The predicted molar refractivity (Wildman–Crippen MR) is 89.1 cm³/mol. The predicted octanol–water partition coefficient (Wildman–Crippen LogP) is 4.26. The van der Waals surface area contributed by atoms with E-state index in [1.165, 1.54) is 0 Å². The van der Waals surface area contributed by atoms with Gasteiger partial charge in [-0.15, -0.1) is 0 Å². The van der Waals surface area contributed by atoms with E-state index in [2.05, 4.69) is 4.98 Å². The minimum absolute atomic E-state index is 0.138. The first kappa shape index (κ1) is 15.3. The second-order valence-corrected chi connectivity index (χ2v) is 5.69. The molecule has 2 N–H and O–H groups in total. The molecule has 0 fully saturated rings. The SMILES string of the molecule is O=C(CC(C(=O)O)c1c[nH]c2ccccc12)c1ccccc1Cl. The molecule has 0 bridgehead atoms. The number of carboxylic acid groups (broad SMARTS) is 1. The topological polar surface area (TPSA) is 70.2 Å². The van der Waals surface area contributed by atoms with Gasteiger partial charge in [0.1, 0.15) is 0 Å². The number of aromatic amines is 1. The van der Waals surface area contributed by atoms with Crippen molar-refractivity contribution < 1.29 is 14.7 Å². The van der Waals surface area contributed by atoms with Crippen LogP contribution in [0.15, 0.2) is 54.7 Å². The monoisotopic (exact) mass is 327 g/mol. The van der Waals surface area contributed by atoms with Gasteiger partial charge < -0.3 is 10.1 Å². The van der Waals surface area contributed by atoms with Gasteiger partial charge in [-0.1, -0.05) is 41.9 Å². The minimum Gasteiger partial charge on any atom is -0.481 e. The number of hydrogen-bond acceptors (Lipinski definition) is 2. The van der Waals surface area contributed by atoms with Crippen molar-refractivity contribution in [3.8, 4) is 0 Å². The highest BCUT2D eigenvalue weighted by Crippen LogP contribution is 2.30. The Kier molecular flexibility index (Phi) is 4.17. The molecule has 116 valence electrons. The molecular formula is C18H14ClNO3. The quantitative estimate of drug-likeness (QED) is 0.688. The number of nitrogens with one attached hydrogen (secondary N) is 1. The lowest BCUT2D eigenvalue weighted by Gasteiger charge is -2.11. The maximum atomic E-state index is 12.5. The molecule has 3 aromatic rings. The van der Waals surface area contributed by atoms with E-state index < -0.39 is 11.9 Å². The summed E-state index contributed by atoms with van der Waals surface area (Å²) in [4.78, 5) is 27.2. The van der Waals surface area contributed by atoms with E-state index in [1.54, 1.807) is 30.5 Å². The molecule has 1 heterocycles. The standard InChI is InChI=1S/C18H14ClNO3/c19-15-7-3-1-6-12(15)17(21)9-13(18(22)23)14-10-20-16-8-4-2-5-11(14)16/h1-8,10,13,20H,9H2,(H,22,23). The fourth-order valence-electron chi connectivity index (χ4n) is 2.70. The third kappa shape index (κ3) is 2.98. The van der Waals surface area contributed by atoms with Crippen LogP contribution in [0.5, 0.6) is 0 Å². The van der Waals surface area contributed by atoms with Crippen molar-refractivity contribution in [2.45, 2.75) is 12.3 Å². The first-order valence-electron chi connectivity index (χ1n) is 7.14. The molecule has 5 heteroatoms. The average molecular weight is 328 g/mol. The number of carbonyl (C=O) groups is 2. The summed E-state index contributed by atoms with van der Waals surface area (Å²) in [5.41, 5.74) is 1.80. The fourth-order valence-corrected chi connectivity index (χ4v) is 2.94. The van der Waals surface area contributed by atoms with Crippen LogP contribution in [0.4, 0.5) is 0 Å². The molecule has 0 saturated heterocycles. The van der Waals surface area contributed by atoms with Crippen molar-refractivity contribution in [3.05, 3.63) is 70.9 Å².